The topological polar surface area (TPSA) is 84.2 Å². The lowest BCUT2D eigenvalue weighted by Gasteiger charge is -2.12. The Morgan fingerprint density at radius 3 is 2.29 bits per heavy atom. The molecule has 0 radical (unpaired) electrons. The van der Waals surface area contributed by atoms with Gasteiger partial charge in [0.1, 0.15) is 12.6 Å². The van der Waals surface area contributed by atoms with Crippen LogP contribution in [0.4, 0.5) is 18.0 Å². The fourth-order valence-electron chi connectivity index (χ4n) is 0.499. The van der Waals surface area contributed by atoms with Crippen LogP contribution in [0.1, 0.15) is 6.92 Å². The number of primary amides is 1. The highest BCUT2D eigenvalue weighted by Crippen LogP contribution is 2.11. The van der Waals surface area contributed by atoms with Crippen LogP contribution >= 0.6 is 0 Å². The third-order valence-electron chi connectivity index (χ3n) is 1.22. The summed E-state index contributed by atoms with van der Waals surface area (Å²) in [5.74, 6) is -0.827. The molecule has 0 rings (SSSR count). The number of amides is 3. The van der Waals surface area contributed by atoms with Gasteiger partial charge in [0, 0.05) is 0 Å². The number of carbonyl (C=O) groups excluding carboxylic acids is 2. The summed E-state index contributed by atoms with van der Waals surface area (Å²) in [6.45, 7) is -0.195. The summed E-state index contributed by atoms with van der Waals surface area (Å²) in [6.07, 6.45) is -4.48. The second-order valence-corrected chi connectivity index (χ2v) is 2.57. The third kappa shape index (κ3) is 6.09. The number of halogens is 3. The zero-order valence-corrected chi connectivity index (χ0v) is 7.31. The summed E-state index contributed by atoms with van der Waals surface area (Å²) in [7, 11) is 0. The van der Waals surface area contributed by atoms with Crippen molar-refractivity contribution >= 4 is 11.9 Å². The standard InChI is InChI=1S/C6H10F3N3O2/c1-3(4(10)13)12-5(14)11-2-6(7,8)9/h3H,2H2,1H3,(H2,10,13)(H2,11,12,14). The molecule has 0 aromatic carbocycles. The van der Waals surface area contributed by atoms with Gasteiger partial charge >= 0.3 is 12.2 Å². The molecule has 0 heterocycles. The van der Waals surface area contributed by atoms with E-state index in [1.54, 1.807) is 0 Å². The van der Waals surface area contributed by atoms with Crippen LogP contribution in [-0.2, 0) is 4.79 Å². The summed E-state index contributed by atoms with van der Waals surface area (Å²) in [5.41, 5.74) is 4.76. The van der Waals surface area contributed by atoms with Gasteiger partial charge < -0.3 is 16.4 Å². The van der Waals surface area contributed by atoms with E-state index < -0.39 is 30.7 Å². The Hall–Kier alpha value is -1.47. The van der Waals surface area contributed by atoms with E-state index in [1.807, 2.05) is 5.32 Å². The van der Waals surface area contributed by atoms with Crippen molar-refractivity contribution < 1.29 is 22.8 Å². The minimum Gasteiger partial charge on any atom is -0.368 e. The monoisotopic (exact) mass is 213 g/mol. The fourth-order valence-corrected chi connectivity index (χ4v) is 0.499. The van der Waals surface area contributed by atoms with Crippen molar-refractivity contribution in [3.63, 3.8) is 0 Å². The van der Waals surface area contributed by atoms with Gasteiger partial charge in [-0.25, -0.2) is 4.79 Å². The molecule has 0 bridgehead atoms. The Bertz CT molecular complexity index is 229. The van der Waals surface area contributed by atoms with E-state index >= 15 is 0 Å². The number of rotatable bonds is 3. The Morgan fingerprint density at radius 1 is 1.43 bits per heavy atom. The molecule has 82 valence electrons. The van der Waals surface area contributed by atoms with E-state index in [2.05, 4.69) is 0 Å². The van der Waals surface area contributed by atoms with Crippen molar-refractivity contribution in [3.8, 4) is 0 Å². The predicted octanol–water partition coefficient (Wildman–Crippen LogP) is -0.278. The normalized spacial score (nSPS) is 13.1. The van der Waals surface area contributed by atoms with Crippen LogP contribution in [0.25, 0.3) is 0 Å². The molecule has 5 nitrogen and oxygen atoms in total. The van der Waals surface area contributed by atoms with Crippen LogP contribution in [0.3, 0.4) is 0 Å². The molecule has 1 atom stereocenters. The van der Waals surface area contributed by atoms with Crippen LogP contribution in [0.15, 0.2) is 0 Å². The average molecular weight is 213 g/mol. The van der Waals surface area contributed by atoms with E-state index in [-0.39, 0.29) is 0 Å². The van der Waals surface area contributed by atoms with E-state index in [0.717, 1.165) is 0 Å². The molecule has 0 fully saturated rings. The number of carbonyl (C=O) groups is 2. The number of hydrogen-bond donors (Lipinski definition) is 3. The van der Waals surface area contributed by atoms with Crippen molar-refractivity contribution in [2.45, 2.75) is 19.1 Å². The number of hydrogen-bond acceptors (Lipinski definition) is 2. The average Bonchev–Trinajstić information content (AvgIpc) is 1.99. The van der Waals surface area contributed by atoms with E-state index in [9.17, 15) is 22.8 Å². The second-order valence-electron chi connectivity index (χ2n) is 2.57. The van der Waals surface area contributed by atoms with Gasteiger partial charge in [-0.2, -0.15) is 13.2 Å². The number of alkyl halides is 3. The quantitative estimate of drug-likeness (QED) is 0.602. The number of nitrogens with two attached hydrogens (primary N) is 1. The Balaban J connectivity index is 3.83. The molecule has 0 aliphatic heterocycles. The number of urea groups is 1. The molecule has 4 N–H and O–H groups in total. The first-order chi connectivity index (χ1) is 6.22. The summed E-state index contributed by atoms with van der Waals surface area (Å²) in [5, 5.41) is 3.45. The van der Waals surface area contributed by atoms with Crippen LogP contribution in [-0.4, -0.2) is 30.7 Å². The van der Waals surface area contributed by atoms with E-state index in [4.69, 9.17) is 5.73 Å². The van der Waals surface area contributed by atoms with Gasteiger partial charge in [0.25, 0.3) is 0 Å². The molecule has 0 saturated carbocycles. The van der Waals surface area contributed by atoms with Crippen molar-refractivity contribution in [1.82, 2.24) is 10.6 Å². The van der Waals surface area contributed by atoms with Gasteiger partial charge in [-0.1, -0.05) is 0 Å². The highest BCUT2D eigenvalue weighted by Gasteiger charge is 2.28. The fraction of sp³-hybridized carbons (Fsp3) is 0.667. The van der Waals surface area contributed by atoms with Crippen molar-refractivity contribution in [2.24, 2.45) is 5.73 Å². The van der Waals surface area contributed by atoms with Gasteiger partial charge in [-0.3, -0.25) is 4.79 Å². The van der Waals surface area contributed by atoms with Crippen molar-refractivity contribution in [1.29, 1.82) is 0 Å². The molecular formula is C6H10F3N3O2. The van der Waals surface area contributed by atoms with Gasteiger partial charge in [0.2, 0.25) is 5.91 Å². The first-order valence-electron chi connectivity index (χ1n) is 3.63. The van der Waals surface area contributed by atoms with Crippen LogP contribution < -0.4 is 16.4 Å². The summed E-state index contributed by atoms with van der Waals surface area (Å²) in [6, 6.07) is -2.10. The lowest BCUT2D eigenvalue weighted by atomic mass is 10.3. The molecular weight excluding hydrogens is 203 g/mol. The second kappa shape index (κ2) is 4.68. The largest absolute Gasteiger partial charge is 0.405 e. The van der Waals surface area contributed by atoms with Crippen LogP contribution in [0.5, 0.6) is 0 Å². The van der Waals surface area contributed by atoms with E-state index in [1.165, 1.54) is 12.2 Å². The minimum atomic E-state index is -4.48. The van der Waals surface area contributed by atoms with Crippen molar-refractivity contribution in [3.05, 3.63) is 0 Å². The molecule has 0 aliphatic rings. The smallest absolute Gasteiger partial charge is 0.368 e. The zero-order valence-electron chi connectivity index (χ0n) is 7.31. The summed E-state index contributed by atoms with van der Waals surface area (Å²) >= 11 is 0. The highest BCUT2D eigenvalue weighted by atomic mass is 19.4. The number of nitrogens with one attached hydrogen (secondary N) is 2. The van der Waals surface area contributed by atoms with Gasteiger partial charge in [0.15, 0.2) is 0 Å². The molecule has 14 heavy (non-hydrogen) atoms. The first kappa shape index (κ1) is 12.5. The lowest BCUT2D eigenvalue weighted by Crippen LogP contribution is -2.48. The predicted molar refractivity (Wildman–Crippen MR) is 41.2 cm³/mol. The third-order valence-corrected chi connectivity index (χ3v) is 1.22. The molecule has 1 unspecified atom stereocenters. The maximum Gasteiger partial charge on any atom is 0.405 e. The SMILES string of the molecule is CC(NC(=O)NCC(F)(F)F)C(N)=O. The highest BCUT2D eigenvalue weighted by molar-refractivity contribution is 5.85. The van der Waals surface area contributed by atoms with Gasteiger partial charge in [0.05, 0.1) is 0 Å². The summed E-state index contributed by atoms with van der Waals surface area (Å²) < 4.78 is 34.7. The van der Waals surface area contributed by atoms with Crippen molar-refractivity contribution in [2.75, 3.05) is 6.54 Å². The Morgan fingerprint density at radius 2 is 1.93 bits per heavy atom. The Kier molecular flexibility index (Phi) is 4.19. The zero-order chi connectivity index (χ0) is 11.4. The maximum atomic E-state index is 11.6. The first-order valence-corrected chi connectivity index (χ1v) is 3.63. The Labute approximate surface area is 77.8 Å². The van der Waals surface area contributed by atoms with Crippen LogP contribution in [0.2, 0.25) is 0 Å². The van der Waals surface area contributed by atoms with Gasteiger partial charge in [-0.05, 0) is 6.92 Å². The molecule has 0 aromatic heterocycles. The summed E-state index contributed by atoms with van der Waals surface area (Å²) in [4.78, 5) is 21.1. The molecule has 0 saturated heterocycles. The molecule has 3 amide bonds. The van der Waals surface area contributed by atoms with Gasteiger partial charge in [-0.15, -0.1) is 0 Å². The lowest BCUT2D eigenvalue weighted by molar-refractivity contribution is -0.122. The molecule has 0 spiro atoms. The molecule has 0 aromatic rings. The molecule has 8 heteroatoms. The van der Waals surface area contributed by atoms with E-state index in [0.29, 0.717) is 0 Å². The van der Waals surface area contributed by atoms with Crippen LogP contribution in [0, 0.1) is 0 Å². The molecule has 0 aliphatic carbocycles. The minimum absolute atomic E-state index is 0.827. The maximum absolute atomic E-state index is 11.6.